The van der Waals surface area contributed by atoms with Crippen LogP contribution >= 0.6 is 11.6 Å². The molecule has 0 aromatic heterocycles. The van der Waals surface area contributed by atoms with Crippen molar-refractivity contribution in [1.29, 1.82) is 0 Å². The SMILES string of the molecule is CC(=O)Nc1ccc(NC(=O)C(Cl)c2ccc(F)cc2)cc1. The van der Waals surface area contributed by atoms with Crippen LogP contribution in [-0.4, -0.2) is 11.8 Å². The third kappa shape index (κ3) is 4.30. The number of carbonyl (C=O) groups excluding carboxylic acids is 2. The van der Waals surface area contributed by atoms with Gasteiger partial charge in [0.15, 0.2) is 0 Å². The number of halogens is 2. The van der Waals surface area contributed by atoms with Gasteiger partial charge in [0, 0.05) is 18.3 Å². The summed E-state index contributed by atoms with van der Waals surface area (Å²) in [4.78, 5) is 23.0. The third-order valence-corrected chi connectivity index (χ3v) is 3.32. The monoisotopic (exact) mass is 320 g/mol. The lowest BCUT2D eigenvalue weighted by atomic mass is 10.1. The number of amides is 2. The topological polar surface area (TPSA) is 58.2 Å². The summed E-state index contributed by atoms with van der Waals surface area (Å²) in [6.07, 6.45) is 0. The van der Waals surface area contributed by atoms with Crippen molar-refractivity contribution in [2.75, 3.05) is 10.6 Å². The lowest BCUT2D eigenvalue weighted by Crippen LogP contribution is -2.17. The minimum Gasteiger partial charge on any atom is -0.326 e. The fourth-order valence-corrected chi connectivity index (χ4v) is 2.03. The van der Waals surface area contributed by atoms with Gasteiger partial charge in [-0.3, -0.25) is 9.59 Å². The number of hydrogen-bond acceptors (Lipinski definition) is 2. The van der Waals surface area contributed by atoms with Crippen LogP contribution in [0.1, 0.15) is 17.9 Å². The van der Waals surface area contributed by atoms with E-state index in [0.717, 1.165) is 0 Å². The van der Waals surface area contributed by atoms with Crippen LogP contribution < -0.4 is 10.6 Å². The van der Waals surface area contributed by atoms with Gasteiger partial charge in [-0.25, -0.2) is 4.39 Å². The molecule has 0 bridgehead atoms. The quantitative estimate of drug-likeness (QED) is 0.844. The standard InChI is InChI=1S/C16H14ClFN2O2/c1-10(21)19-13-6-8-14(9-7-13)20-16(22)15(17)11-2-4-12(18)5-3-11/h2-9,15H,1H3,(H,19,21)(H,20,22). The highest BCUT2D eigenvalue weighted by molar-refractivity contribution is 6.32. The van der Waals surface area contributed by atoms with Gasteiger partial charge in [0.1, 0.15) is 11.2 Å². The first kappa shape index (κ1) is 16.0. The van der Waals surface area contributed by atoms with Crippen molar-refractivity contribution in [2.24, 2.45) is 0 Å². The van der Waals surface area contributed by atoms with E-state index < -0.39 is 11.3 Å². The molecule has 2 aromatic carbocycles. The van der Waals surface area contributed by atoms with Gasteiger partial charge in [-0.2, -0.15) is 0 Å². The number of carbonyl (C=O) groups is 2. The van der Waals surface area contributed by atoms with Crippen molar-refractivity contribution in [3.63, 3.8) is 0 Å². The van der Waals surface area contributed by atoms with Gasteiger partial charge in [-0.05, 0) is 42.0 Å². The smallest absolute Gasteiger partial charge is 0.246 e. The molecule has 22 heavy (non-hydrogen) atoms. The molecule has 0 radical (unpaired) electrons. The molecule has 0 aliphatic rings. The van der Waals surface area contributed by atoms with Gasteiger partial charge in [-0.15, -0.1) is 11.6 Å². The second kappa shape index (κ2) is 7.04. The summed E-state index contributed by atoms with van der Waals surface area (Å²) >= 11 is 6.07. The van der Waals surface area contributed by atoms with Gasteiger partial charge in [0.25, 0.3) is 0 Å². The van der Waals surface area contributed by atoms with Crippen molar-refractivity contribution in [1.82, 2.24) is 0 Å². The molecule has 0 saturated heterocycles. The van der Waals surface area contributed by atoms with Gasteiger partial charge in [-0.1, -0.05) is 12.1 Å². The Morgan fingerprint density at radius 2 is 1.45 bits per heavy atom. The van der Waals surface area contributed by atoms with E-state index in [0.29, 0.717) is 16.9 Å². The molecule has 2 rings (SSSR count). The van der Waals surface area contributed by atoms with E-state index in [1.54, 1.807) is 24.3 Å². The molecule has 0 saturated carbocycles. The Morgan fingerprint density at radius 3 is 1.95 bits per heavy atom. The Bertz CT molecular complexity index is 672. The van der Waals surface area contributed by atoms with E-state index in [2.05, 4.69) is 10.6 Å². The molecule has 0 aliphatic heterocycles. The summed E-state index contributed by atoms with van der Waals surface area (Å²) in [7, 11) is 0. The van der Waals surface area contributed by atoms with Crippen LogP contribution in [-0.2, 0) is 9.59 Å². The van der Waals surface area contributed by atoms with Crippen molar-refractivity contribution >= 4 is 34.8 Å². The molecule has 1 unspecified atom stereocenters. The van der Waals surface area contributed by atoms with E-state index in [1.807, 2.05) is 0 Å². The van der Waals surface area contributed by atoms with E-state index in [-0.39, 0.29) is 11.7 Å². The average molecular weight is 321 g/mol. The second-order valence-corrected chi connectivity index (χ2v) is 5.10. The number of nitrogens with one attached hydrogen (secondary N) is 2. The van der Waals surface area contributed by atoms with Crippen molar-refractivity contribution in [3.05, 3.63) is 59.9 Å². The number of rotatable bonds is 4. The lowest BCUT2D eigenvalue weighted by molar-refractivity contribution is -0.116. The predicted octanol–water partition coefficient (Wildman–Crippen LogP) is 3.70. The highest BCUT2D eigenvalue weighted by Crippen LogP contribution is 2.23. The molecule has 0 spiro atoms. The van der Waals surface area contributed by atoms with Gasteiger partial charge < -0.3 is 10.6 Å². The maximum absolute atomic E-state index is 12.9. The van der Waals surface area contributed by atoms with E-state index in [4.69, 9.17) is 11.6 Å². The molecule has 0 aliphatic carbocycles. The molecule has 4 nitrogen and oxygen atoms in total. The Balaban J connectivity index is 2.01. The van der Waals surface area contributed by atoms with Gasteiger partial charge >= 0.3 is 0 Å². The summed E-state index contributed by atoms with van der Waals surface area (Å²) < 4.78 is 12.9. The summed E-state index contributed by atoms with van der Waals surface area (Å²) in [5.41, 5.74) is 1.69. The van der Waals surface area contributed by atoms with Crippen LogP contribution in [0.15, 0.2) is 48.5 Å². The Kier molecular flexibility index (Phi) is 5.12. The molecule has 0 heterocycles. The first-order valence-electron chi connectivity index (χ1n) is 6.54. The fraction of sp³-hybridized carbons (Fsp3) is 0.125. The molecule has 2 amide bonds. The summed E-state index contributed by atoms with van der Waals surface area (Å²) in [6.45, 7) is 1.41. The first-order chi connectivity index (χ1) is 10.5. The molecule has 2 aromatic rings. The zero-order chi connectivity index (χ0) is 16.1. The fourth-order valence-electron chi connectivity index (χ4n) is 1.83. The zero-order valence-corrected chi connectivity index (χ0v) is 12.5. The normalized spacial score (nSPS) is 11.6. The zero-order valence-electron chi connectivity index (χ0n) is 11.8. The number of alkyl halides is 1. The van der Waals surface area contributed by atoms with E-state index >= 15 is 0 Å². The summed E-state index contributed by atoms with van der Waals surface area (Å²) in [6, 6.07) is 12.1. The second-order valence-electron chi connectivity index (χ2n) is 4.66. The highest BCUT2D eigenvalue weighted by atomic mass is 35.5. The number of benzene rings is 2. The highest BCUT2D eigenvalue weighted by Gasteiger charge is 2.17. The van der Waals surface area contributed by atoms with Crippen molar-refractivity contribution < 1.29 is 14.0 Å². The molecule has 2 N–H and O–H groups in total. The van der Waals surface area contributed by atoms with Crippen LogP contribution in [0.4, 0.5) is 15.8 Å². The van der Waals surface area contributed by atoms with Crippen LogP contribution in [0, 0.1) is 5.82 Å². The van der Waals surface area contributed by atoms with E-state index in [9.17, 15) is 14.0 Å². The van der Waals surface area contributed by atoms with Crippen LogP contribution in [0.3, 0.4) is 0 Å². The average Bonchev–Trinajstić information content (AvgIpc) is 2.49. The Morgan fingerprint density at radius 1 is 0.955 bits per heavy atom. The maximum Gasteiger partial charge on any atom is 0.246 e. The molecule has 0 fully saturated rings. The molecule has 1 atom stereocenters. The molecule has 6 heteroatoms. The van der Waals surface area contributed by atoms with Gasteiger partial charge in [0.2, 0.25) is 11.8 Å². The molecular formula is C16H14ClFN2O2. The lowest BCUT2D eigenvalue weighted by Gasteiger charge is -2.11. The minimum absolute atomic E-state index is 0.172. The van der Waals surface area contributed by atoms with Gasteiger partial charge in [0.05, 0.1) is 0 Å². The van der Waals surface area contributed by atoms with Crippen LogP contribution in [0.5, 0.6) is 0 Å². The summed E-state index contributed by atoms with van der Waals surface area (Å²) in [5, 5.41) is 4.36. The Labute approximate surface area is 132 Å². The van der Waals surface area contributed by atoms with Crippen molar-refractivity contribution in [2.45, 2.75) is 12.3 Å². The van der Waals surface area contributed by atoms with Crippen LogP contribution in [0.2, 0.25) is 0 Å². The van der Waals surface area contributed by atoms with Crippen molar-refractivity contribution in [3.8, 4) is 0 Å². The maximum atomic E-state index is 12.9. The number of hydrogen-bond donors (Lipinski definition) is 2. The minimum atomic E-state index is -0.921. The first-order valence-corrected chi connectivity index (χ1v) is 6.97. The molecular weight excluding hydrogens is 307 g/mol. The Hall–Kier alpha value is -2.40. The summed E-state index contributed by atoms with van der Waals surface area (Å²) in [5.74, 6) is -0.976. The largest absolute Gasteiger partial charge is 0.326 e. The molecule has 114 valence electrons. The predicted molar refractivity (Wildman–Crippen MR) is 84.4 cm³/mol. The third-order valence-electron chi connectivity index (χ3n) is 2.87. The van der Waals surface area contributed by atoms with E-state index in [1.165, 1.54) is 31.2 Å². The number of anilines is 2. The van der Waals surface area contributed by atoms with Crippen LogP contribution in [0.25, 0.3) is 0 Å².